The number of nitrogens with two attached hydrogens (primary N) is 1. The van der Waals surface area contributed by atoms with E-state index >= 15 is 0 Å². The first-order chi connectivity index (χ1) is 8.66. The van der Waals surface area contributed by atoms with Crippen molar-refractivity contribution in [2.75, 3.05) is 25.1 Å². The Morgan fingerprint density at radius 2 is 2.39 bits per heavy atom. The molecule has 1 heterocycles. The van der Waals surface area contributed by atoms with Gasteiger partial charge in [-0.2, -0.15) is 0 Å². The van der Waals surface area contributed by atoms with Crippen LogP contribution in [0.4, 0.5) is 5.69 Å². The molecule has 0 bridgehead atoms. The topological polar surface area (TPSA) is 47.3 Å². The molecule has 5 heteroatoms. The van der Waals surface area contributed by atoms with Crippen molar-refractivity contribution in [3.63, 3.8) is 0 Å². The zero-order valence-corrected chi connectivity index (χ0v) is 11.7. The number of anilines is 1. The number of thiocarbonyl (C=S) groups is 1. The van der Waals surface area contributed by atoms with E-state index in [-0.39, 0.29) is 0 Å². The third kappa shape index (κ3) is 3.57. The van der Waals surface area contributed by atoms with Gasteiger partial charge in [-0.25, -0.2) is 0 Å². The lowest BCUT2D eigenvalue weighted by Crippen LogP contribution is -2.24. The molecular formula is C13H17ClN2OS. The number of ether oxygens (including phenoxy) is 1. The number of hydrogen-bond acceptors (Lipinski definition) is 3. The number of benzene rings is 1. The molecule has 0 saturated carbocycles. The van der Waals surface area contributed by atoms with Crippen LogP contribution in [0, 0.1) is 5.92 Å². The lowest BCUT2D eigenvalue weighted by Gasteiger charge is -2.22. The summed E-state index contributed by atoms with van der Waals surface area (Å²) in [5.74, 6) is 0.577. The molecule has 1 atom stereocenters. The SMILES string of the molecule is NC(=S)c1ccc(NCC2CCCOC2)cc1Cl. The van der Waals surface area contributed by atoms with Crippen molar-refractivity contribution in [2.24, 2.45) is 11.7 Å². The van der Waals surface area contributed by atoms with Gasteiger partial charge < -0.3 is 15.8 Å². The van der Waals surface area contributed by atoms with Gasteiger partial charge in [0.05, 0.1) is 11.6 Å². The molecule has 1 aromatic carbocycles. The van der Waals surface area contributed by atoms with Crippen molar-refractivity contribution in [3.8, 4) is 0 Å². The molecule has 0 spiro atoms. The van der Waals surface area contributed by atoms with Crippen LogP contribution in [0.25, 0.3) is 0 Å². The fourth-order valence-electron chi connectivity index (χ4n) is 2.06. The first-order valence-electron chi connectivity index (χ1n) is 6.08. The van der Waals surface area contributed by atoms with E-state index in [1.54, 1.807) is 0 Å². The summed E-state index contributed by atoms with van der Waals surface area (Å²) in [6, 6.07) is 5.66. The van der Waals surface area contributed by atoms with Crippen molar-refractivity contribution < 1.29 is 4.74 Å². The second-order valence-electron chi connectivity index (χ2n) is 4.52. The van der Waals surface area contributed by atoms with Gasteiger partial charge in [0.15, 0.2) is 0 Å². The van der Waals surface area contributed by atoms with Crippen LogP contribution in [0.2, 0.25) is 5.02 Å². The number of hydrogen-bond donors (Lipinski definition) is 2. The quantitative estimate of drug-likeness (QED) is 0.835. The van der Waals surface area contributed by atoms with E-state index in [4.69, 9.17) is 34.3 Å². The highest BCUT2D eigenvalue weighted by molar-refractivity contribution is 7.80. The van der Waals surface area contributed by atoms with Gasteiger partial charge in [0.1, 0.15) is 4.99 Å². The summed E-state index contributed by atoms with van der Waals surface area (Å²) in [6.45, 7) is 2.64. The fourth-order valence-corrected chi connectivity index (χ4v) is 2.57. The Kier molecular flexibility index (Phi) is 4.80. The van der Waals surface area contributed by atoms with Crippen molar-refractivity contribution in [3.05, 3.63) is 28.8 Å². The minimum Gasteiger partial charge on any atom is -0.389 e. The summed E-state index contributed by atoms with van der Waals surface area (Å²) < 4.78 is 5.45. The third-order valence-electron chi connectivity index (χ3n) is 3.08. The summed E-state index contributed by atoms with van der Waals surface area (Å²) >= 11 is 11.0. The molecule has 1 unspecified atom stereocenters. The smallest absolute Gasteiger partial charge is 0.105 e. The Bertz CT molecular complexity index is 433. The maximum atomic E-state index is 6.11. The molecular weight excluding hydrogens is 268 g/mol. The highest BCUT2D eigenvalue weighted by atomic mass is 35.5. The van der Waals surface area contributed by atoms with Gasteiger partial charge in [-0.15, -0.1) is 0 Å². The maximum absolute atomic E-state index is 6.11. The van der Waals surface area contributed by atoms with Gasteiger partial charge >= 0.3 is 0 Å². The monoisotopic (exact) mass is 284 g/mol. The average Bonchev–Trinajstić information content (AvgIpc) is 2.37. The molecule has 1 aliphatic heterocycles. The summed E-state index contributed by atoms with van der Waals surface area (Å²) in [5.41, 5.74) is 7.28. The second kappa shape index (κ2) is 6.36. The molecule has 0 amide bonds. The van der Waals surface area contributed by atoms with Crippen LogP contribution in [-0.2, 0) is 4.74 Å². The zero-order valence-electron chi connectivity index (χ0n) is 10.1. The summed E-state index contributed by atoms with van der Waals surface area (Å²) in [6.07, 6.45) is 2.36. The average molecular weight is 285 g/mol. The van der Waals surface area contributed by atoms with Crippen LogP contribution in [0.15, 0.2) is 18.2 Å². The fraction of sp³-hybridized carbons (Fsp3) is 0.462. The van der Waals surface area contributed by atoms with E-state index in [1.807, 2.05) is 18.2 Å². The predicted molar refractivity (Wildman–Crippen MR) is 79.4 cm³/mol. The molecule has 1 aromatic rings. The van der Waals surface area contributed by atoms with Crippen LogP contribution < -0.4 is 11.1 Å². The van der Waals surface area contributed by atoms with Crippen LogP contribution in [0.1, 0.15) is 18.4 Å². The largest absolute Gasteiger partial charge is 0.389 e. The molecule has 3 N–H and O–H groups in total. The van der Waals surface area contributed by atoms with E-state index in [1.165, 1.54) is 6.42 Å². The molecule has 3 nitrogen and oxygen atoms in total. The highest BCUT2D eigenvalue weighted by Gasteiger charge is 2.13. The molecule has 0 aliphatic carbocycles. The van der Waals surface area contributed by atoms with Gasteiger partial charge in [0.25, 0.3) is 0 Å². The van der Waals surface area contributed by atoms with Crippen LogP contribution in [0.3, 0.4) is 0 Å². The van der Waals surface area contributed by atoms with Crippen molar-refractivity contribution in [1.29, 1.82) is 0 Å². The third-order valence-corrected chi connectivity index (χ3v) is 3.62. The first kappa shape index (κ1) is 13.6. The number of halogens is 1. The Balaban J connectivity index is 1.93. The maximum Gasteiger partial charge on any atom is 0.105 e. The summed E-state index contributed by atoms with van der Waals surface area (Å²) in [4.78, 5) is 0.326. The number of rotatable bonds is 4. The lowest BCUT2D eigenvalue weighted by molar-refractivity contribution is 0.0595. The standard InChI is InChI=1S/C13H17ClN2OS/c14-12-6-10(3-4-11(12)13(15)18)16-7-9-2-1-5-17-8-9/h3-4,6,9,16H,1-2,5,7-8H2,(H2,15,18). The van der Waals surface area contributed by atoms with Gasteiger partial charge in [0, 0.05) is 24.4 Å². The lowest BCUT2D eigenvalue weighted by atomic mass is 10.0. The minimum atomic E-state index is 0.326. The summed E-state index contributed by atoms with van der Waals surface area (Å²) in [5, 5.41) is 3.96. The molecule has 0 aromatic heterocycles. The molecule has 0 radical (unpaired) electrons. The van der Waals surface area contributed by atoms with Crippen LogP contribution in [0.5, 0.6) is 0 Å². The molecule has 2 rings (SSSR count). The van der Waals surface area contributed by atoms with Crippen LogP contribution >= 0.6 is 23.8 Å². The Morgan fingerprint density at radius 1 is 1.56 bits per heavy atom. The normalized spacial score (nSPS) is 19.5. The Morgan fingerprint density at radius 3 is 3.00 bits per heavy atom. The van der Waals surface area contributed by atoms with E-state index in [0.717, 1.165) is 37.4 Å². The van der Waals surface area contributed by atoms with E-state index < -0.39 is 0 Å². The second-order valence-corrected chi connectivity index (χ2v) is 5.37. The molecule has 1 fully saturated rings. The Hall–Kier alpha value is -0.840. The molecule has 18 heavy (non-hydrogen) atoms. The van der Waals surface area contributed by atoms with Gasteiger partial charge in [-0.05, 0) is 37.0 Å². The molecule has 1 aliphatic rings. The molecule has 1 saturated heterocycles. The Labute approximate surface area is 118 Å². The van der Waals surface area contributed by atoms with E-state index in [0.29, 0.717) is 15.9 Å². The van der Waals surface area contributed by atoms with Crippen molar-refractivity contribution >= 4 is 34.5 Å². The molecule has 98 valence electrons. The zero-order chi connectivity index (χ0) is 13.0. The van der Waals surface area contributed by atoms with E-state index in [9.17, 15) is 0 Å². The predicted octanol–water partition coefficient (Wildman–Crippen LogP) is 2.81. The first-order valence-corrected chi connectivity index (χ1v) is 6.86. The van der Waals surface area contributed by atoms with Crippen LogP contribution in [-0.4, -0.2) is 24.7 Å². The van der Waals surface area contributed by atoms with E-state index in [2.05, 4.69) is 5.32 Å². The van der Waals surface area contributed by atoms with Crippen molar-refractivity contribution in [1.82, 2.24) is 0 Å². The van der Waals surface area contributed by atoms with Gasteiger partial charge in [0.2, 0.25) is 0 Å². The van der Waals surface area contributed by atoms with Gasteiger partial charge in [-0.3, -0.25) is 0 Å². The van der Waals surface area contributed by atoms with Gasteiger partial charge in [-0.1, -0.05) is 23.8 Å². The minimum absolute atomic E-state index is 0.326. The number of nitrogens with one attached hydrogen (secondary N) is 1. The highest BCUT2D eigenvalue weighted by Crippen LogP contribution is 2.22. The van der Waals surface area contributed by atoms with Crippen molar-refractivity contribution in [2.45, 2.75) is 12.8 Å². The summed E-state index contributed by atoms with van der Waals surface area (Å²) in [7, 11) is 0.